The van der Waals surface area contributed by atoms with Gasteiger partial charge in [0.15, 0.2) is 28.6 Å². The van der Waals surface area contributed by atoms with Crippen molar-refractivity contribution < 1.29 is 37.8 Å². The van der Waals surface area contributed by atoms with E-state index in [9.17, 15) is 4.79 Å². The molecule has 15 N–H and O–H groups in total. The van der Waals surface area contributed by atoms with Gasteiger partial charge in [0.2, 0.25) is 43.8 Å². The second-order valence-electron chi connectivity index (χ2n) is 20.1. The first-order valence-electron chi connectivity index (χ1n) is 29.5. The number of aliphatic hydroxyl groups excluding tert-OH is 3. The topological polar surface area (TPSA) is 478 Å². The van der Waals surface area contributed by atoms with Crippen molar-refractivity contribution in [3.8, 4) is 0 Å². The zero-order valence-electron chi connectivity index (χ0n) is 51.5. The van der Waals surface area contributed by atoms with E-state index in [0.29, 0.717) is 143 Å². The minimum Gasteiger partial charge on any atom is -0.467 e. The minimum atomic E-state index is -0.342. The number of aliphatic hydroxyl groups is 3. The van der Waals surface area contributed by atoms with Gasteiger partial charge in [-0.2, -0.15) is 54.9 Å². The summed E-state index contributed by atoms with van der Waals surface area (Å²) in [6.07, 6.45) is 10.5. The molecule has 15 heterocycles. The van der Waals surface area contributed by atoms with E-state index < -0.39 is 0 Å². The van der Waals surface area contributed by atoms with E-state index in [2.05, 4.69) is 137 Å². The van der Waals surface area contributed by atoms with E-state index in [-0.39, 0.29) is 58.7 Å². The summed E-state index contributed by atoms with van der Waals surface area (Å²) < 4.78 is 21.0. The number of aromatic nitrogens is 19. The molecule has 15 aromatic heterocycles. The highest BCUT2D eigenvalue weighted by Gasteiger charge is 2.18. The van der Waals surface area contributed by atoms with Gasteiger partial charge < -0.3 is 90.0 Å². The van der Waals surface area contributed by atoms with Gasteiger partial charge in [-0.15, -0.1) is 11.3 Å². The highest BCUT2D eigenvalue weighted by Crippen LogP contribution is 2.29. The van der Waals surface area contributed by atoms with E-state index in [1.165, 1.54) is 0 Å². The number of thiazole rings is 1. The minimum absolute atomic E-state index is 0.0589. The van der Waals surface area contributed by atoms with Crippen LogP contribution in [0.4, 0.5) is 40.9 Å². The van der Waals surface area contributed by atoms with Crippen molar-refractivity contribution in [2.75, 3.05) is 58.2 Å². The molecule has 0 bridgehead atoms. The lowest BCUT2D eigenvalue weighted by Gasteiger charge is -2.04. The summed E-state index contributed by atoms with van der Waals surface area (Å²) in [4.78, 5) is 80.5. The summed E-state index contributed by atoms with van der Waals surface area (Å²) in [5.41, 5.74) is 4.04. The van der Waals surface area contributed by atoms with Crippen LogP contribution in [0.2, 0.25) is 26.4 Å². The lowest BCUT2D eigenvalue weighted by molar-refractivity contribution is 0.0940. The molecule has 0 radical (unpaired) electrons. The molecule has 0 aliphatic rings. The van der Waals surface area contributed by atoms with Crippen molar-refractivity contribution in [3.63, 3.8) is 0 Å². The predicted octanol–water partition coefficient (Wildman–Crippen LogP) is 10.7. The maximum absolute atomic E-state index is 11.9. The fourth-order valence-electron chi connectivity index (χ4n) is 8.93. The molecule has 0 saturated heterocycles. The standard InChI is InChI=1S/C14H14ClN5O3.C13H15ClN6O2.C12H8ClN5O.C11H10ClN5O2.C9H7ClN6S/c15-14-19-11(17-7-8-2-1-5-23-8)9-6-10(18-12(9)20-14)13(22)16-3-4-21;14-12-18-10(16-7-8-3-1-6-22-8)9-11(19-12)20-13(17-9)15-4-2-5-21;1-14-9-5-8-10(15-6-7-3-2-4-19-7)17-12(13)18-11(8)16-9;12-11-16-9(13-4-6-2-1-3-19-6)8-10(17-11)15-7(5-18)14-8;10-9-14-7(5-3-13-16-8(5)15-9)12-4-6-11-1-2-17-6/h1-2,5-6,21H,3-4,7H2,(H,16,22)(H2,17,18,19,20);1,3,6,21H,2,4-5,7H2,(H3,15,16,17,18,19,20);2-5H,6H2,(H2,15,16,17,18);1-3,18H,4-5H2,(H2,13,14,15,16,17);1-3H,4H2,(H2,12,13,14,15,16). The Hall–Kier alpha value is -11.3. The second-order valence-corrected chi connectivity index (χ2v) is 22.8. The maximum atomic E-state index is 11.9. The number of nitrogens with zero attached hydrogens (tertiary/aromatic N) is 15. The molecule has 0 atom stereocenters. The molecule has 35 nitrogen and oxygen atoms in total. The van der Waals surface area contributed by atoms with E-state index >= 15 is 0 Å². The van der Waals surface area contributed by atoms with E-state index in [0.717, 1.165) is 38.8 Å². The van der Waals surface area contributed by atoms with Crippen molar-refractivity contribution in [2.24, 2.45) is 0 Å². The van der Waals surface area contributed by atoms with Gasteiger partial charge in [-0.3, -0.25) is 14.9 Å². The smallest absolute Gasteiger partial charge is 0.267 e. The first kappa shape index (κ1) is 70.1. The number of aromatic amines is 5. The van der Waals surface area contributed by atoms with Gasteiger partial charge in [-0.1, -0.05) is 6.57 Å². The number of imidazole rings is 2. The van der Waals surface area contributed by atoms with Crippen molar-refractivity contribution in [3.05, 3.63) is 181 Å². The van der Waals surface area contributed by atoms with Crippen molar-refractivity contribution in [1.82, 2.24) is 100 Å². The molecule has 0 aliphatic carbocycles. The molecule has 100 heavy (non-hydrogen) atoms. The zero-order chi connectivity index (χ0) is 69.7. The molecule has 41 heteroatoms. The third kappa shape index (κ3) is 18.9. The van der Waals surface area contributed by atoms with Crippen molar-refractivity contribution in [2.45, 2.75) is 45.8 Å². The highest BCUT2D eigenvalue weighted by atomic mass is 35.5. The van der Waals surface area contributed by atoms with Crippen LogP contribution in [0.3, 0.4) is 0 Å². The quantitative estimate of drug-likeness (QED) is 0.0161. The summed E-state index contributed by atoms with van der Waals surface area (Å²) in [6, 6.07) is 17.9. The van der Waals surface area contributed by atoms with Crippen LogP contribution in [0.1, 0.15) is 50.8 Å². The number of nitrogens with one attached hydrogen (secondary N) is 12. The number of H-pyrrole nitrogens is 5. The van der Waals surface area contributed by atoms with Gasteiger partial charge in [0.1, 0.15) is 80.3 Å². The molecule has 0 unspecified atom stereocenters. The number of carbonyl (C=O) groups excluding carboxylic acids is 1. The predicted molar refractivity (Wildman–Crippen MR) is 373 cm³/mol. The van der Waals surface area contributed by atoms with Crippen LogP contribution in [-0.4, -0.2) is 142 Å². The number of fused-ring (bicyclic) bond motifs is 5. The van der Waals surface area contributed by atoms with Crippen molar-refractivity contribution >= 4 is 172 Å². The number of rotatable bonds is 23. The summed E-state index contributed by atoms with van der Waals surface area (Å²) in [7, 11) is 0. The summed E-state index contributed by atoms with van der Waals surface area (Å²) in [5, 5.41) is 60.2. The fourth-order valence-corrected chi connectivity index (χ4v) is 10.3. The van der Waals surface area contributed by atoms with Crippen LogP contribution >= 0.6 is 69.3 Å². The van der Waals surface area contributed by atoms with Crippen molar-refractivity contribution in [1.29, 1.82) is 0 Å². The van der Waals surface area contributed by atoms with Gasteiger partial charge in [-0.25, -0.2) is 15.0 Å². The lowest BCUT2D eigenvalue weighted by atomic mass is 10.3. The van der Waals surface area contributed by atoms with Crippen LogP contribution in [0, 0.1) is 6.57 Å². The van der Waals surface area contributed by atoms with Crippen LogP contribution in [0.15, 0.2) is 121 Å². The van der Waals surface area contributed by atoms with Crippen LogP contribution in [0.5, 0.6) is 0 Å². The Balaban J connectivity index is 0.000000126. The van der Waals surface area contributed by atoms with Gasteiger partial charge in [0.05, 0.1) is 86.7 Å². The molecule has 0 fully saturated rings. The number of amides is 1. The highest BCUT2D eigenvalue weighted by molar-refractivity contribution is 7.09. The Bertz CT molecular complexity index is 5120. The Labute approximate surface area is 591 Å². The molecule has 15 aromatic rings. The Morgan fingerprint density at radius 1 is 0.530 bits per heavy atom. The second kappa shape index (κ2) is 34.3. The molecule has 15 rings (SSSR count). The van der Waals surface area contributed by atoms with Crippen LogP contribution in [0.25, 0.3) is 60.3 Å². The largest absolute Gasteiger partial charge is 0.467 e. The number of halogens is 5. The van der Waals surface area contributed by atoms with Gasteiger partial charge in [0, 0.05) is 31.3 Å². The third-order valence-electron chi connectivity index (χ3n) is 13.4. The zero-order valence-corrected chi connectivity index (χ0v) is 56.1. The molecule has 0 saturated carbocycles. The monoisotopic (exact) mass is 1480 g/mol. The normalized spacial score (nSPS) is 10.9. The molecular formula is C59H54Cl5N27O8S. The van der Waals surface area contributed by atoms with Crippen LogP contribution < -0.4 is 37.2 Å². The molecule has 0 spiro atoms. The van der Waals surface area contributed by atoms with E-state index in [1.54, 1.807) is 73.0 Å². The summed E-state index contributed by atoms with van der Waals surface area (Å²) in [5.74, 6) is 6.87. The Morgan fingerprint density at radius 3 is 1.55 bits per heavy atom. The lowest BCUT2D eigenvalue weighted by Crippen LogP contribution is -2.26. The molecule has 0 aromatic carbocycles. The van der Waals surface area contributed by atoms with E-state index in [4.69, 9.17) is 97.6 Å². The molecule has 1 amide bonds. The average Bonchev–Trinajstić information content (AvgIpc) is 1.68. The summed E-state index contributed by atoms with van der Waals surface area (Å²) in [6.45, 7) is 9.99. The number of furan rings is 4. The molecule has 0 aliphatic heterocycles. The first-order chi connectivity index (χ1) is 48.8. The fraction of sp³-hybridized carbons (Fsp3) is 0.186. The number of hydrogen-bond donors (Lipinski definition) is 15. The average molecular weight is 1480 g/mol. The molecule has 514 valence electrons. The summed E-state index contributed by atoms with van der Waals surface area (Å²) >= 11 is 30.9. The van der Waals surface area contributed by atoms with Crippen LogP contribution in [-0.2, 0) is 39.3 Å². The SMILES string of the molecule is Clc1nc(NCc2nccs2)c2cn[nH]c2n1.O=C(NCCO)c1cc2c(NCc3ccco3)nc(Cl)nc2[nH]1.OCCCNc1nc2nc(Cl)nc(NCc3ccco3)c2[nH]1.OCc1nc2nc(Cl)nc(NCc3ccco3)c2[nH]1.[C-]#[N+]c1cc2c(NCc3ccco3)nc(Cl)nc2[nH]1. The third-order valence-corrected chi connectivity index (χ3v) is 15.0. The maximum Gasteiger partial charge on any atom is 0.267 e. The number of anilines is 6. The van der Waals surface area contributed by atoms with E-state index in [1.807, 2.05) is 41.8 Å². The van der Waals surface area contributed by atoms with Gasteiger partial charge >= 0.3 is 0 Å². The van der Waals surface area contributed by atoms with Gasteiger partial charge in [0.25, 0.3) is 5.91 Å². The first-order valence-corrected chi connectivity index (χ1v) is 32.3. The Morgan fingerprint density at radius 2 is 1.03 bits per heavy atom. The number of hydrogen-bond acceptors (Lipinski definition) is 29. The molecular weight excluding hydrogens is 1420 g/mol. The number of carbonyl (C=O) groups is 1. The van der Waals surface area contributed by atoms with Gasteiger partial charge in [-0.05, 0) is 125 Å². The Kier molecular flexibility index (Phi) is 24.0.